The molecule has 0 heterocycles. The van der Waals surface area contributed by atoms with E-state index in [9.17, 15) is 0 Å². The summed E-state index contributed by atoms with van der Waals surface area (Å²) in [6.45, 7) is 0. The summed E-state index contributed by atoms with van der Waals surface area (Å²) in [4.78, 5) is 0. The van der Waals surface area contributed by atoms with Gasteiger partial charge in [-0.15, -0.1) is 0 Å². The summed E-state index contributed by atoms with van der Waals surface area (Å²) in [5, 5.41) is 1.04. The monoisotopic (exact) mass is 254 g/mol. The second-order valence-corrected chi connectivity index (χ2v) is 4.58. The van der Waals surface area contributed by atoms with Crippen LogP contribution in [0.4, 0.5) is 0 Å². The number of ether oxygens (including phenoxy) is 1. The van der Waals surface area contributed by atoms with Gasteiger partial charge in [-0.05, 0) is 18.4 Å². The highest BCUT2D eigenvalue weighted by atomic mass is 79.9. The normalized spacial score (nSPS) is 20.4. The highest BCUT2D eigenvalue weighted by Gasteiger charge is 2.49. The summed E-state index contributed by atoms with van der Waals surface area (Å²) in [5.74, 6) is 0. The molecule has 1 nitrogen and oxygen atoms in total. The molecule has 1 saturated carbocycles. The highest BCUT2D eigenvalue weighted by Crippen LogP contribution is 2.57. The molecule has 2 rings (SSSR count). The minimum atomic E-state index is 0.253. The van der Waals surface area contributed by atoms with E-state index >= 15 is 0 Å². The summed E-state index contributed by atoms with van der Waals surface area (Å²) in [5.41, 5.74) is 1.66. The van der Waals surface area contributed by atoms with Crippen LogP contribution >= 0.6 is 15.9 Å². The van der Waals surface area contributed by atoms with Gasteiger partial charge in [0.05, 0.1) is 6.10 Å². The number of hydrogen-bond acceptors (Lipinski definition) is 1. The van der Waals surface area contributed by atoms with Crippen LogP contribution in [-0.4, -0.2) is 12.4 Å². The van der Waals surface area contributed by atoms with Crippen molar-refractivity contribution in [2.45, 2.75) is 18.9 Å². The average molecular weight is 255 g/mol. The predicted molar refractivity (Wildman–Crippen MR) is 61.7 cm³/mol. The van der Waals surface area contributed by atoms with E-state index in [1.54, 1.807) is 7.11 Å². The Hall–Kier alpha value is -0.340. The largest absolute Gasteiger partial charge is 0.376 e. The van der Waals surface area contributed by atoms with Crippen LogP contribution in [0, 0.1) is 5.41 Å². The minimum absolute atomic E-state index is 0.253. The third-order valence-electron chi connectivity index (χ3n) is 3.05. The maximum Gasteiger partial charge on any atom is 0.0885 e. The maximum absolute atomic E-state index is 5.62. The van der Waals surface area contributed by atoms with E-state index in [1.165, 1.54) is 18.4 Å². The van der Waals surface area contributed by atoms with E-state index in [0.29, 0.717) is 5.41 Å². The molecule has 0 saturated heterocycles. The number of halogens is 1. The quantitative estimate of drug-likeness (QED) is 0.747. The summed E-state index contributed by atoms with van der Waals surface area (Å²) in [6.07, 6.45) is 2.79. The van der Waals surface area contributed by atoms with E-state index < -0.39 is 0 Å². The summed E-state index contributed by atoms with van der Waals surface area (Å²) in [6, 6.07) is 10.5. The number of methoxy groups -OCH3 is 1. The number of benzene rings is 1. The van der Waals surface area contributed by atoms with Crippen molar-refractivity contribution in [2.75, 3.05) is 12.4 Å². The molecule has 0 N–H and O–H groups in total. The van der Waals surface area contributed by atoms with E-state index in [-0.39, 0.29) is 6.10 Å². The molecule has 0 spiro atoms. The fourth-order valence-electron chi connectivity index (χ4n) is 1.99. The van der Waals surface area contributed by atoms with E-state index in [0.717, 1.165) is 5.33 Å². The van der Waals surface area contributed by atoms with Gasteiger partial charge in [-0.3, -0.25) is 0 Å². The molecule has 1 aliphatic rings. The first-order valence-corrected chi connectivity index (χ1v) is 6.08. The van der Waals surface area contributed by atoms with Crippen LogP contribution < -0.4 is 0 Å². The molecule has 2 heteroatoms. The first kappa shape index (κ1) is 10.2. The van der Waals surface area contributed by atoms with Gasteiger partial charge in [0.15, 0.2) is 0 Å². The van der Waals surface area contributed by atoms with Crippen LogP contribution in [0.2, 0.25) is 0 Å². The third kappa shape index (κ3) is 1.73. The molecule has 0 radical (unpaired) electrons. The average Bonchev–Trinajstić information content (AvgIpc) is 3.02. The molecule has 1 aromatic carbocycles. The second-order valence-electron chi connectivity index (χ2n) is 4.02. The summed E-state index contributed by atoms with van der Waals surface area (Å²) in [7, 11) is 1.81. The van der Waals surface area contributed by atoms with E-state index in [2.05, 4.69) is 40.2 Å². The number of rotatable bonds is 4. The topological polar surface area (TPSA) is 9.23 Å². The lowest BCUT2D eigenvalue weighted by atomic mass is 9.94. The first-order valence-electron chi connectivity index (χ1n) is 4.96. The van der Waals surface area contributed by atoms with Crippen LogP contribution in [0.1, 0.15) is 24.5 Å². The maximum atomic E-state index is 5.62. The lowest BCUT2D eigenvalue weighted by Gasteiger charge is -2.24. The Morgan fingerprint density at radius 1 is 1.36 bits per heavy atom. The molecule has 0 aliphatic heterocycles. The first-order chi connectivity index (χ1) is 6.82. The van der Waals surface area contributed by atoms with Crippen molar-refractivity contribution >= 4 is 15.9 Å². The van der Waals surface area contributed by atoms with Gasteiger partial charge in [-0.25, -0.2) is 0 Å². The zero-order chi connectivity index (χ0) is 10.0. The van der Waals surface area contributed by atoms with Gasteiger partial charge >= 0.3 is 0 Å². The Morgan fingerprint density at radius 2 is 2.00 bits per heavy atom. The lowest BCUT2D eigenvalue weighted by molar-refractivity contribution is 0.0490. The lowest BCUT2D eigenvalue weighted by Crippen LogP contribution is -2.17. The van der Waals surface area contributed by atoms with Crippen molar-refractivity contribution in [3.63, 3.8) is 0 Å². The van der Waals surface area contributed by atoms with Crippen LogP contribution in [0.25, 0.3) is 0 Å². The molecule has 1 unspecified atom stereocenters. The van der Waals surface area contributed by atoms with E-state index in [4.69, 9.17) is 4.74 Å². The molecule has 1 fully saturated rings. The van der Waals surface area contributed by atoms with Crippen LogP contribution in [0.3, 0.4) is 0 Å². The molecular formula is C12H15BrO. The van der Waals surface area contributed by atoms with Crippen molar-refractivity contribution in [2.24, 2.45) is 5.41 Å². The minimum Gasteiger partial charge on any atom is -0.376 e. The van der Waals surface area contributed by atoms with Gasteiger partial charge < -0.3 is 4.74 Å². The zero-order valence-corrected chi connectivity index (χ0v) is 9.96. The van der Waals surface area contributed by atoms with Crippen molar-refractivity contribution in [1.29, 1.82) is 0 Å². The molecule has 1 aromatic rings. The highest BCUT2D eigenvalue weighted by molar-refractivity contribution is 9.09. The molecule has 1 aliphatic carbocycles. The third-order valence-corrected chi connectivity index (χ3v) is 4.17. The van der Waals surface area contributed by atoms with Gasteiger partial charge in [-0.1, -0.05) is 46.3 Å². The van der Waals surface area contributed by atoms with Crippen LogP contribution in [-0.2, 0) is 4.74 Å². The fourth-order valence-corrected chi connectivity index (χ4v) is 2.85. The Morgan fingerprint density at radius 3 is 2.43 bits per heavy atom. The molecule has 1 atom stereocenters. The van der Waals surface area contributed by atoms with Crippen molar-refractivity contribution in [1.82, 2.24) is 0 Å². The molecule has 0 bridgehead atoms. The van der Waals surface area contributed by atoms with E-state index in [1.807, 2.05) is 6.07 Å². The Kier molecular flexibility index (Phi) is 2.93. The summed E-state index contributed by atoms with van der Waals surface area (Å²) >= 11 is 3.59. The Balaban J connectivity index is 2.22. The molecular weight excluding hydrogens is 240 g/mol. The van der Waals surface area contributed by atoms with Gasteiger partial charge in [0.25, 0.3) is 0 Å². The number of hydrogen-bond donors (Lipinski definition) is 0. The SMILES string of the molecule is COC(c1ccccc1)C1(CBr)CC1. The van der Waals surface area contributed by atoms with Crippen molar-refractivity contribution in [3.8, 4) is 0 Å². The Bertz CT molecular complexity index is 292. The van der Waals surface area contributed by atoms with Crippen LogP contribution in [0.5, 0.6) is 0 Å². The van der Waals surface area contributed by atoms with Gasteiger partial charge in [-0.2, -0.15) is 0 Å². The van der Waals surface area contributed by atoms with Crippen LogP contribution in [0.15, 0.2) is 30.3 Å². The van der Waals surface area contributed by atoms with Gasteiger partial charge in [0.1, 0.15) is 0 Å². The molecule has 14 heavy (non-hydrogen) atoms. The van der Waals surface area contributed by atoms with Gasteiger partial charge in [0.2, 0.25) is 0 Å². The van der Waals surface area contributed by atoms with Gasteiger partial charge in [0, 0.05) is 17.9 Å². The number of alkyl halides is 1. The predicted octanol–water partition coefficient (Wildman–Crippen LogP) is 3.55. The summed E-state index contributed by atoms with van der Waals surface area (Å²) < 4.78 is 5.62. The fraction of sp³-hybridized carbons (Fsp3) is 0.500. The second kappa shape index (κ2) is 4.03. The standard InChI is InChI=1S/C12H15BrO/c1-14-11(12(9-13)7-8-12)10-5-3-2-4-6-10/h2-6,11H,7-9H2,1H3. The molecule has 76 valence electrons. The zero-order valence-electron chi connectivity index (χ0n) is 8.37. The smallest absolute Gasteiger partial charge is 0.0885 e. The molecule has 0 amide bonds. The van der Waals surface area contributed by atoms with Crippen molar-refractivity contribution < 1.29 is 4.74 Å². The molecule has 0 aromatic heterocycles. The Labute approximate surface area is 93.6 Å². The van der Waals surface area contributed by atoms with Crippen molar-refractivity contribution in [3.05, 3.63) is 35.9 Å².